The molecule has 0 aliphatic carbocycles. The van der Waals surface area contributed by atoms with Crippen LogP contribution in [0.15, 0.2) is 522 Å². The van der Waals surface area contributed by atoms with Gasteiger partial charge in [-0.3, -0.25) is 4.57 Å². The van der Waals surface area contributed by atoms with Crippen molar-refractivity contribution >= 4 is 133 Å². The van der Waals surface area contributed by atoms with Gasteiger partial charge >= 0.3 is 0 Å². The van der Waals surface area contributed by atoms with Gasteiger partial charge in [0.15, 0.2) is 17.5 Å². The van der Waals surface area contributed by atoms with Crippen LogP contribution in [0.1, 0.15) is 0 Å². The van der Waals surface area contributed by atoms with Crippen LogP contribution in [0.5, 0.6) is 0 Å². The monoisotopic (exact) mass is 1950 g/mol. The number of fused-ring (bicyclic) bond motifs is 14. The number of thiophene rings is 3. The molecule has 0 spiro atoms. The first kappa shape index (κ1) is 88.9. The van der Waals surface area contributed by atoms with Crippen LogP contribution in [0, 0.1) is 0 Å². The summed E-state index contributed by atoms with van der Waals surface area (Å²) in [6, 6.07) is 180. The van der Waals surface area contributed by atoms with Crippen molar-refractivity contribution in [3.63, 3.8) is 0 Å². The maximum atomic E-state index is 5.21. The van der Waals surface area contributed by atoms with Gasteiger partial charge in [0.25, 0.3) is 0 Å². The highest BCUT2D eigenvalue weighted by molar-refractivity contribution is 7.26. The summed E-state index contributed by atoms with van der Waals surface area (Å²) in [5, 5.41) is 12.9. The summed E-state index contributed by atoms with van der Waals surface area (Å²) in [5.74, 6) is 2.99. The van der Waals surface area contributed by atoms with E-state index >= 15 is 0 Å². The van der Waals surface area contributed by atoms with Crippen molar-refractivity contribution in [1.29, 1.82) is 0 Å². The van der Waals surface area contributed by atoms with Crippen molar-refractivity contribution in [2.45, 2.75) is 0 Å². The number of hydrogen-bond donors (Lipinski definition) is 0. The summed E-state index contributed by atoms with van der Waals surface area (Å²) in [4.78, 5) is 40.5. The maximum Gasteiger partial charge on any atom is 0.160 e. The van der Waals surface area contributed by atoms with E-state index in [0.29, 0.717) is 17.5 Å². The Kier molecular flexibility index (Phi) is 23.0. The van der Waals surface area contributed by atoms with Gasteiger partial charge in [0.05, 0.1) is 50.9 Å². The van der Waals surface area contributed by atoms with Crippen LogP contribution in [-0.2, 0) is 0 Å². The highest BCUT2D eigenvalue weighted by Crippen LogP contribution is 2.45. The van der Waals surface area contributed by atoms with Gasteiger partial charge in [-0.1, -0.05) is 376 Å². The standard InChI is InChI=1S/C48H30N2S.C47H30N4S.C41H26N4S/c1-2-11-32(12-3-1)44-30-45(33-23-21-31(22-24-33)34-25-26-47-43(28-34)41-19-8-9-20-46(41)51-47)50-48(49-44)37-15-10-14-35(27-37)42-29-36-13-4-5-16-38(36)39-17-6-7-18-40(39)42;1-3-11-32(12-4-1)41-30-42(33-21-19-31(20-22-33)36-25-28-45-39(29-36)38-15-7-10-18-44(38)52-45)49-46(48-41)34-23-26-37(27-24-34)51-43-17-9-8-16-40(43)50-47(51)35-13-5-2-6-14-35;1-2-8-28(9-3-1)35-25-36(44-41(43-35)31-19-17-30(18-20-31)37-26-45-23-7-6-12-40(45)42-37)29-15-13-27(14-16-29)32-21-22-39-34(24-32)33-10-4-5-11-38(33)46-39/h1-30H;1-30H;1-26H. The molecule has 20 aromatic carbocycles. The summed E-state index contributed by atoms with van der Waals surface area (Å²) >= 11 is 5.54. The Morgan fingerprint density at radius 2 is 0.503 bits per heavy atom. The Labute approximate surface area is 871 Å². The van der Waals surface area contributed by atoms with Crippen molar-refractivity contribution in [2.75, 3.05) is 0 Å². The fourth-order valence-corrected chi connectivity index (χ4v) is 23.7. The zero-order valence-corrected chi connectivity index (χ0v) is 82.8. The lowest BCUT2D eigenvalue weighted by molar-refractivity contribution is 1.10. The van der Waals surface area contributed by atoms with E-state index < -0.39 is 0 Å². The van der Waals surface area contributed by atoms with Crippen molar-refractivity contribution in [2.24, 2.45) is 0 Å². The van der Waals surface area contributed by atoms with Crippen LogP contribution in [0.25, 0.3) is 273 Å². The van der Waals surface area contributed by atoms with E-state index in [2.05, 4.69) is 448 Å². The lowest BCUT2D eigenvalue weighted by Crippen LogP contribution is -1.99. The molecule has 9 heterocycles. The van der Waals surface area contributed by atoms with Gasteiger partial charge in [-0.2, -0.15) is 0 Å². The van der Waals surface area contributed by atoms with Crippen molar-refractivity contribution in [3.05, 3.63) is 522 Å². The van der Waals surface area contributed by atoms with Gasteiger partial charge in [0, 0.05) is 140 Å². The SMILES string of the molecule is c1ccc(-c2cc(-c3ccc(-c4ccc5sc6ccccc6c5c4)cc3)nc(-c3ccc(-c4cn5ccccc5n4)cc3)n2)cc1.c1ccc(-c2cc(-c3ccc(-c4ccc5sc6ccccc6c5c4)cc3)nc(-c3ccc(-n4c(-c5ccccc5)nc5ccccc54)cc3)n2)cc1.c1ccc(-c2cc(-c3ccc(-c4ccc5sc6ccccc6c5c4)cc3)nc(-c3cccc(-c4cc5ccccc5c5ccccc45)c3)n2)cc1. The minimum atomic E-state index is 0.681. The Balaban J connectivity index is 0.000000110. The van der Waals surface area contributed by atoms with Gasteiger partial charge in [0.1, 0.15) is 11.5 Å². The van der Waals surface area contributed by atoms with E-state index in [4.69, 9.17) is 39.9 Å². The van der Waals surface area contributed by atoms with E-state index in [1.54, 1.807) is 0 Å². The van der Waals surface area contributed by atoms with Gasteiger partial charge in [-0.25, -0.2) is 39.9 Å². The van der Waals surface area contributed by atoms with Crippen LogP contribution < -0.4 is 0 Å². The third-order valence-corrected chi connectivity index (χ3v) is 31.5. The zero-order chi connectivity index (χ0) is 98.6. The summed E-state index contributed by atoms with van der Waals surface area (Å²) in [6.07, 6.45) is 4.07. The molecule has 0 saturated heterocycles. The maximum absolute atomic E-state index is 5.21. The number of pyridine rings is 1. The van der Waals surface area contributed by atoms with Crippen LogP contribution in [0.3, 0.4) is 0 Å². The number of imidazole rings is 2. The third-order valence-electron chi connectivity index (χ3n) is 28.0. The van der Waals surface area contributed by atoms with Crippen LogP contribution >= 0.6 is 34.0 Å². The predicted molar refractivity (Wildman–Crippen MR) is 625 cm³/mol. The highest BCUT2D eigenvalue weighted by Gasteiger charge is 2.22. The number of nitrogens with zero attached hydrogens (tertiary/aromatic N) is 10. The van der Waals surface area contributed by atoms with E-state index in [0.717, 1.165) is 135 Å². The molecule has 0 aliphatic heterocycles. The minimum absolute atomic E-state index is 0.681. The van der Waals surface area contributed by atoms with E-state index in [-0.39, 0.29) is 0 Å². The summed E-state index contributed by atoms with van der Waals surface area (Å²) in [6.45, 7) is 0. The lowest BCUT2D eigenvalue weighted by Gasteiger charge is -2.13. The molecule has 13 heteroatoms. The average Bonchev–Trinajstić information content (AvgIpc) is 1.63. The first-order chi connectivity index (χ1) is 73.7. The quantitative estimate of drug-likeness (QED) is 0.0880. The molecule has 10 nitrogen and oxygen atoms in total. The Bertz CT molecular complexity index is 10100. The summed E-state index contributed by atoms with van der Waals surface area (Å²) in [5.41, 5.74) is 31.1. The van der Waals surface area contributed by atoms with Gasteiger partial charge in [-0.05, 0) is 200 Å². The molecule has 0 radical (unpaired) electrons. The van der Waals surface area contributed by atoms with Crippen LogP contribution in [0.2, 0.25) is 0 Å². The second kappa shape index (κ2) is 38.6. The number of benzene rings is 20. The molecule has 9 aromatic heterocycles. The molecule has 0 saturated carbocycles. The smallest absolute Gasteiger partial charge is 0.160 e. The molecule has 0 bridgehead atoms. The summed E-state index contributed by atoms with van der Waals surface area (Å²) < 4.78 is 12.2. The predicted octanol–water partition coefficient (Wildman–Crippen LogP) is 36.8. The molecule has 698 valence electrons. The van der Waals surface area contributed by atoms with Crippen LogP contribution in [-0.4, -0.2) is 48.8 Å². The molecule has 149 heavy (non-hydrogen) atoms. The molecular formula is C136H86N10S3. The Hall–Kier alpha value is -19.0. The summed E-state index contributed by atoms with van der Waals surface area (Å²) in [7, 11) is 0. The molecule has 0 unspecified atom stereocenters. The minimum Gasteiger partial charge on any atom is -0.306 e. The highest BCUT2D eigenvalue weighted by atomic mass is 32.1. The van der Waals surface area contributed by atoms with Gasteiger partial charge in [0.2, 0.25) is 0 Å². The number of hydrogen-bond acceptors (Lipinski definition) is 11. The number of aromatic nitrogens is 10. The normalized spacial score (nSPS) is 11.5. The molecule has 29 aromatic rings. The molecular weight excluding hydrogens is 1870 g/mol. The van der Waals surface area contributed by atoms with E-state index in [1.165, 1.54) is 121 Å². The van der Waals surface area contributed by atoms with Crippen molar-refractivity contribution in [3.8, 4) is 175 Å². The van der Waals surface area contributed by atoms with E-state index in [1.807, 2.05) is 117 Å². The molecule has 0 N–H and O–H groups in total. The molecule has 29 rings (SSSR count). The van der Waals surface area contributed by atoms with Gasteiger partial charge in [-0.15, -0.1) is 34.0 Å². The van der Waals surface area contributed by atoms with E-state index in [9.17, 15) is 0 Å². The Morgan fingerprint density at radius 3 is 0.960 bits per heavy atom. The molecule has 0 amide bonds. The third kappa shape index (κ3) is 17.5. The zero-order valence-electron chi connectivity index (χ0n) is 80.3. The number of para-hydroxylation sites is 2. The average molecular weight is 1960 g/mol. The largest absolute Gasteiger partial charge is 0.306 e. The van der Waals surface area contributed by atoms with Gasteiger partial charge < -0.3 is 4.40 Å². The Morgan fingerprint density at radius 1 is 0.174 bits per heavy atom. The first-order valence-electron chi connectivity index (χ1n) is 49.8. The first-order valence-corrected chi connectivity index (χ1v) is 52.3. The van der Waals surface area contributed by atoms with Crippen molar-refractivity contribution in [1.82, 2.24) is 48.8 Å². The second-order valence-electron chi connectivity index (χ2n) is 37.3. The molecule has 0 aliphatic rings. The molecule has 0 atom stereocenters. The van der Waals surface area contributed by atoms with Crippen molar-refractivity contribution < 1.29 is 0 Å². The second-order valence-corrected chi connectivity index (χ2v) is 40.5. The molecule has 0 fully saturated rings. The number of rotatable bonds is 16. The topological polar surface area (TPSA) is 112 Å². The fourth-order valence-electron chi connectivity index (χ4n) is 20.5. The lowest BCUT2D eigenvalue weighted by atomic mass is 9.92. The fraction of sp³-hybridized carbons (Fsp3) is 0. The van der Waals surface area contributed by atoms with Crippen LogP contribution in [0.4, 0.5) is 0 Å².